The zero-order valence-corrected chi connectivity index (χ0v) is 19.2. The van der Waals surface area contributed by atoms with E-state index in [0.717, 1.165) is 25.4 Å². The van der Waals surface area contributed by atoms with Crippen LogP contribution < -0.4 is 15.4 Å². The molecule has 164 valence electrons. The summed E-state index contributed by atoms with van der Waals surface area (Å²) in [7, 11) is 0. The lowest BCUT2D eigenvalue weighted by Gasteiger charge is -2.16. The van der Waals surface area contributed by atoms with Gasteiger partial charge in [-0.15, -0.1) is 24.8 Å². The molecule has 1 atom stereocenters. The van der Waals surface area contributed by atoms with E-state index in [1.54, 1.807) is 6.92 Å². The zero-order valence-electron chi connectivity index (χ0n) is 17.6. The number of rotatable bonds is 10. The molecule has 6 heteroatoms. The van der Waals surface area contributed by atoms with Crippen LogP contribution in [-0.4, -0.2) is 30.8 Å². The third-order valence-electron chi connectivity index (χ3n) is 4.73. The van der Waals surface area contributed by atoms with Crippen molar-refractivity contribution in [1.29, 1.82) is 0 Å². The lowest BCUT2D eigenvalue weighted by atomic mass is 10.0. The van der Waals surface area contributed by atoms with Gasteiger partial charge in [-0.2, -0.15) is 0 Å². The van der Waals surface area contributed by atoms with E-state index in [1.165, 1.54) is 27.5 Å². The fraction of sp³-hybridized carbons (Fsp3) is 0.333. The molecule has 0 aromatic heterocycles. The van der Waals surface area contributed by atoms with E-state index in [-0.39, 0.29) is 30.9 Å². The van der Waals surface area contributed by atoms with Crippen molar-refractivity contribution in [3.63, 3.8) is 0 Å². The maximum Gasteiger partial charge on any atom is 0.124 e. The minimum absolute atomic E-state index is 0. The van der Waals surface area contributed by atoms with Crippen LogP contribution in [0.4, 0.5) is 0 Å². The van der Waals surface area contributed by atoms with E-state index in [0.29, 0.717) is 13.2 Å². The summed E-state index contributed by atoms with van der Waals surface area (Å²) >= 11 is 0. The molecule has 0 saturated carbocycles. The predicted octanol–water partition coefficient (Wildman–Crippen LogP) is 4.63. The number of aliphatic hydroxyl groups excluding tert-OH is 1. The van der Waals surface area contributed by atoms with Crippen LogP contribution in [0.3, 0.4) is 0 Å². The maximum atomic E-state index is 9.31. The lowest BCUT2D eigenvalue weighted by molar-refractivity contribution is 0.191. The monoisotopic (exact) mass is 450 g/mol. The maximum absolute atomic E-state index is 9.31. The highest BCUT2D eigenvalue weighted by molar-refractivity contribution is 5.87. The molecule has 1 unspecified atom stereocenters. The van der Waals surface area contributed by atoms with Gasteiger partial charge in [-0.1, -0.05) is 60.2 Å². The Hall–Kier alpha value is -1.82. The first-order chi connectivity index (χ1) is 13.6. The van der Waals surface area contributed by atoms with Crippen LogP contribution in [0.1, 0.15) is 23.6 Å². The van der Waals surface area contributed by atoms with E-state index in [4.69, 9.17) is 4.74 Å². The molecule has 0 amide bonds. The second-order valence-corrected chi connectivity index (χ2v) is 7.27. The first-order valence-electron chi connectivity index (χ1n) is 9.92. The van der Waals surface area contributed by atoms with E-state index < -0.39 is 0 Å². The second kappa shape index (κ2) is 13.5. The van der Waals surface area contributed by atoms with Crippen molar-refractivity contribution in [2.75, 3.05) is 19.6 Å². The molecule has 3 N–H and O–H groups in total. The van der Waals surface area contributed by atoms with Crippen molar-refractivity contribution in [3.05, 3.63) is 77.4 Å². The van der Waals surface area contributed by atoms with Gasteiger partial charge in [0.25, 0.3) is 0 Å². The van der Waals surface area contributed by atoms with E-state index >= 15 is 0 Å². The van der Waals surface area contributed by atoms with Crippen molar-refractivity contribution in [1.82, 2.24) is 10.6 Å². The van der Waals surface area contributed by atoms with Gasteiger partial charge in [0.15, 0.2) is 0 Å². The summed E-state index contributed by atoms with van der Waals surface area (Å²) < 4.78 is 6.19. The summed E-state index contributed by atoms with van der Waals surface area (Å²) in [4.78, 5) is 0. The SMILES string of the molecule is Cc1ccc(COc2ccc3ccccc3c2CNCCNCC(C)O)cc1.Cl.Cl. The fourth-order valence-corrected chi connectivity index (χ4v) is 3.18. The predicted molar refractivity (Wildman–Crippen MR) is 130 cm³/mol. The molecule has 0 radical (unpaired) electrons. The van der Waals surface area contributed by atoms with E-state index in [2.05, 4.69) is 78.2 Å². The summed E-state index contributed by atoms with van der Waals surface area (Å²) in [6.45, 7) is 7.42. The molecule has 3 aromatic carbocycles. The van der Waals surface area contributed by atoms with Crippen LogP contribution in [0.15, 0.2) is 60.7 Å². The summed E-state index contributed by atoms with van der Waals surface area (Å²) in [5, 5.41) is 18.5. The van der Waals surface area contributed by atoms with Crippen LogP contribution in [0, 0.1) is 6.92 Å². The average Bonchev–Trinajstić information content (AvgIpc) is 2.70. The molecule has 0 aliphatic rings. The number of halogens is 2. The van der Waals surface area contributed by atoms with Crippen molar-refractivity contribution < 1.29 is 9.84 Å². The largest absolute Gasteiger partial charge is 0.489 e. The number of aryl methyl sites for hydroxylation is 1. The number of hydrogen-bond acceptors (Lipinski definition) is 4. The Morgan fingerprint density at radius 2 is 1.60 bits per heavy atom. The van der Waals surface area contributed by atoms with Gasteiger partial charge in [0.05, 0.1) is 6.10 Å². The standard InChI is InChI=1S/C24H30N2O2.2ClH/c1-18-7-9-20(10-8-18)17-28-24-12-11-21-5-3-4-6-22(21)23(24)16-26-14-13-25-15-19(2)27;;/h3-12,19,25-27H,13-17H2,1-2H3;2*1H. The number of fused-ring (bicyclic) bond motifs is 1. The highest BCUT2D eigenvalue weighted by Gasteiger charge is 2.09. The molecule has 30 heavy (non-hydrogen) atoms. The van der Waals surface area contributed by atoms with Gasteiger partial charge in [0, 0.05) is 31.7 Å². The third-order valence-corrected chi connectivity index (χ3v) is 4.73. The van der Waals surface area contributed by atoms with Crippen LogP contribution in [0.5, 0.6) is 5.75 Å². The Morgan fingerprint density at radius 1 is 0.900 bits per heavy atom. The van der Waals surface area contributed by atoms with Crippen molar-refractivity contribution in [2.24, 2.45) is 0 Å². The van der Waals surface area contributed by atoms with Crippen LogP contribution in [0.2, 0.25) is 0 Å². The van der Waals surface area contributed by atoms with Gasteiger partial charge >= 0.3 is 0 Å². The number of nitrogens with one attached hydrogen (secondary N) is 2. The topological polar surface area (TPSA) is 53.5 Å². The number of ether oxygens (including phenoxy) is 1. The average molecular weight is 451 g/mol. The zero-order chi connectivity index (χ0) is 19.8. The van der Waals surface area contributed by atoms with Gasteiger partial charge in [-0.3, -0.25) is 0 Å². The van der Waals surface area contributed by atoms with Gasteiger partial charge in [0.1, 0.15) is 12.4 Å². The fourth-order valence-electron chi connectivity index (χ4n) is 3.18. The Morgan fingerprint density at radius 3 is 2.33 bits per heavy atom. The molecule has 0 fully saturated rings. The molecule has 0 saturated heterocycles. The summed E-state index contributed by atoms with van der Waals surface area (Å²) in [5.41, 5.74) is 3.60. The molecular weight excluding hydrogens is 419 g/mol. The minimum atomic E-state index is -0.320. The van der Waals surface area contributed by atoms with E-state index in [1.807, 2.05) is 0 Å². The van der Waals surface area contributed by atoms with Crippen LogP contribution in [-0.2, 0) is 13.2 Å². The normalized spacial score (nSPS) is 11.4. The highest BCUT2D eigenvalue weighted by Crippen LogP contribution is 2.28. The summed E-state index contributed by atoms with van der Waals surface area (Å²) in [6, 6.07) is 21.1. The molecule has 0 aliphatic heterocycles. The van der Waals surface area contributed by atoms with E-state index in [9.17, 15) is 5.11 Å². The minimum Gasteiger partial charge on any atom is -0.489 e. The highest BCUT2D eigenvalue weighted by atomic mass is 35.5. The van der Waals surface area contributed by atoms with Crippen LogP contribution in [0.25, 0.3) is 10.8 Å². The van der Waals surface area contributed by atoms with Gasteiger partial charge in [0.2, 0.25) is 0 Å². The lowest BCUT2D eigenvalue weighted by Crippen LogP contribution is -2.31. The Labute approximate surface area is 191 Å². The Kier molecular flexibility index (Phi) is 11.8. The number of aliphatic hydroxyl groups is 1. The van der Waals surface area contributed by atoms with Gasteiger partial charge < -0.3 is 20.5 Å². The Balaban J connectivity index is 0.00000225. The second-order valence-electron chi connectivity index (χ2n) is 7.27. The van der Waals surface area contributed by atoms with Crippen molar-refractivity contribution >= 4 is 35.6 Å². The quantitative estimate of drug-likeness (QED) is 0.394. The van der Waals surface area contributed by atoms with Crippen LogP contribution >= 0.6 is 24.8 Å². The first-order valence-corrected chi connectivity index (χ1v) is 9.92. The third kappa shape index (κ3) is 7.78. The first kappa shape index (κ1) is 26.2. The molecule has 3 aromatic rings. The molecule has 4 nitrogen and oxygen atoms in total. The van der Waals surface area contributed by atoms with Gasteiger partial charge in [-0.25, -0.2) is 0 Å². The summed E-state index contributed by atoms with van der Waals surface area (Å²) in [5.74, 6) is 0.920. The molecule has 3 rings (SSSR count). The number of benzene rings is 3. The molecule has 0 bridgehead atoms. The van der Waals surface area contributed by atoms with Crippen molar-refractivity contribution in [3.8, 4) is 5.75 Å². The van der Waals surface area contributed by atoms with Gasteiger partial charge in [-0.05, 0) is 36.2 Å². The molecular formula is C24H32Cl2N2O2. The number of hydrogen-bond donors (Lipinski definition) is 3. The molecule has 0 heterocycles. The molecule has 0 aliphatic carbocycles. The molecule has 0 spiro atoms. The van der Waals surface area contributed by atoms with Crippen molar-refractivity contribution in [2.45, 2.75) is 33.1 Å². The Bertz CT molecular complexity index is 886. The smallest absolute Gasteiger partial charge is 0.124 e. The summed E-state index contributed by atoms with van der Waals surface area (Å²) in [6.07, 6.45) is -0.320.